The second-order valence-electron chi connectivity index (χ2n) is 2.29. The maximum Gasteiger partial charge on any atom is 0.319 e. The molecule has 0 aliphatic rings. The Hall–Kier alpha value is -1.61. The summed E-state index contributed by atoms with van der Waals surface area (Å²) in [5.41, 5.74) is 1.06. The normalized spacial score (nSPS) is 9.00. The highest BCUT2D eigenvalue weighted by Crippen LogP contribution is 2.22. The van der Waals surface area contributed by atoms with Crippen molar-refractivity contribution in [1.82, 2.24) is 9.69 Å². The molecule has 0 radical (unpaired) electrons. The SMILES string of the molecule is CNC(=O)Nc1snc(C)c1C#N. The molecule has 1 rings (SSSR count). The second-order valence-corrected chi connectivity index (χ2v) is 3.06. The van der Waals surface area contributed by atoms with Crippen molar-refractivity contribution in [3.05, 3.63) is 11.3 Å². The van der Waals surface area contributed by atoms with Crippen LogP contribution in [-0.4, -0.2) is 17.5 Å². The van der Waals surface area contributed by atoms with E-state index in [0.29, 0.717) is 16.3 Å². The van der Waals surface area contributed by atoms with Crippen molar-refractivity contribution in [2.45, 2.75) is 6.92 Å². The molecule has 0 saturated heterocycles. The van der Waals surface area contributed by atoms with Crippen LogP contribution >= 0.6 is 11.5 Å². The van der Waals surface area contributed by atoms with E-state index in [0.717, 1.165) is 11.5 Å². The predicted octanol–water partition coefficient (Wildman–Crippen LogP) is 1.07. The van der Waals surface area contributed by atoms with Crippen molar-refractivity contribution < 1.29 is 4.79 Å². The summed E-state index contributed by atoms with van der Waals surface area (Å²) in [6, 6.07) is 1.63. The summed E-state index contributed by atoms with van der Waals surface area (Å²) in [5.74, 6) is 0. The van der Waals surface area contributed by atoms with E-state index >= 15 is 0 Å². The fourth-order valence-corrected chi connectivity index (χ4v) is 1.49. The zero-order valence-corrected chi connectivity index (χ0v) is 8.03. The lowest BCUT2D eigenvalue weighted by Crippen LogP contribution is -2.24. The molecule has 5 nitrogen and oxygen atoms in total. The molecule has 0 atom stereocenters. The molecule has 2 N–H and O–H groups in total. The van der Waals surface area contributed by atoms with Gasteiger partial charge in [0.05, 0.1) is 5.69 Å². The van der Waals surface area contributed by atoms with Gasteiger partial charge in [-0.2, -0.15) is 9.64 Å². The zero-order valence-electron chi connectivity index (χ0n) is 7.21. The Kier molecular flexibility index (Phi) is 2.82. The Morgan fingerprint density at radius 1 is 1.69 bits per heavy atom. The largest absolute Gasteiger partial charge is 0.341 e. The van der Waals surface area contributed by atoms with Gasteiger partial charge in [0, 0.05) is 7.05 Å². The topological polar surface area (TPSA) is 77.8 Å². The van der Waals surface area contributed by atoms with E-state index in [2.05, 4.69) is 15.0 Å². The van der Waals surface area contributed by atoms with Crippen LogP contribution in [-0.2, 0) is 0 Å². The average molecular weight is 196 g/mol. The minimum Gasteiger partial charge on any atom is -0.341 e. The van der Waals surface area contributed by atoms with Gasteiger partial charge in [-0.25, -0.2) is 4.79 Å². The van der Waals surface area contributed by atoms with E-state index in [1.165, 1.54) is 7.05 Å². The zero-order chi connectivity index (χ0) is 9.84. The molecule has 0 aromatic carbocycles. The Morgan fingerprint density at radius 2 is 2.38 bits per heavy atom. The molecular weight excluding hydrogens is 188 g/mol. The predicted molar refractivity (Wildman–Crippen MR) is 49.6 cm³/mol. The van der Waals surface area contributed by atoms with Gasteiger partial charge in [0.1, 0.15) is 16.6 Å². The maximum absolute atomic E-state index is 10.9. The van der Waals surface area contributed by atoms with Crippen LogP contribution in [0.3, 0.4) is 0 Å². The van der Waals surface area contributed by atoms with E-state index < -0.39 is 0 Å². The molecule has 68 valence electrons. The van der Waals surface area contributed by atoms with Crippen LogP contribution in [0.4, 0.5) is 9.80 Å². The van der Waals surface area contributed by atoms with Crippen LogP contribution in [0.15, 0.2) is 0 Å². The molecule has 0 aliphatic heterocycles. The van der Waals surface area contributed by atoms with Crippen molar-refractivity contribution in [3.63, 3.8) is 0 Å². The van der Waals surface area contributed by atoms with E-state index in [9.17, 15) is 4.79 Å². The standard InChI is InChI=1S/C7H8N4OS/c1-4-5(3-8)6(13-11-4)10-7(12)9-2/h1-2H3,(H2,9,10,12). The molecule has 2 amide bonds. The Balaban J connectivity index is 2.90. The van der Waals surface area contributed by atoms with Crippen molar-refractivity contribution in [2.75, 3.05) is 12.4 Å². The highest BCUT2D eigenvalue weighted by Gasteiger charge is 2.11. The molecule has 0 unspecified atom stereocenters. The van der Waals surface area contributed by atoms with Gasteiger partial charge in [-0.3, -0.25) is 5.32 Å². The summed E-state index contributed by atoms with van der Waals surface area (Å²) in [6.45, 7) is 1.73. The van der Waals surface area contributed by atoms with Gasteiger partial charge in [0.15, 0.2) is 0 Å². The van der Waals surface area contributed by atoms with Gasteiger partial charge in [0.2, 0.25) is 0 Å². The Labute approximate surface area is 79.5 Å². The fourth-order valence-electron chi connectivity index (χ4n) is 0.752. The number of aromatic nitrogens is 1. The van der Waals surface area contributed by atoms with Crippen LogP contribution in [0.1, 0.15) is 11.3 Å². The molecule has 6 heteroatoms. The third kappa shape index (κ3) is 1.95. The summed E-state index contributed by atoms with van der Waals surface area (Å²) >= 11 is 1.10. The number of nitrogens with one attached hydrogen (secondary N) is 2. The van der Waals surface area contributed by atoms with Crippen LogP contribution in [0.5, 0.6) is 0 Å². The molecule has 1 heterocycles. The quantitative estimate of drug-likeness (QED) is 0.705. The van der Waals surface area contributed by atoms with E-state index in [1.54, 1.807) is 6.92 Å². The minimum atomic E-state index is -0.347. The van der Waals surface area contributed by atoms with Gasteiger partial charge in [-0.1, -0.05) is 0 Å². The van der Waals surface area contributed by atoms with Crippen LogP contribution in [0.25, 0.3) is 0 Å². The summed E-state index contributed by atoms with van der Waals surface area (Å²) in [5, 5.41) is 14.1. The first-order chi connectivity index (χ1) is 6.19. The third-order valence-corrected chi connectivity index (χ3v) is 2.28. The molecule has 0 saturated carbocycles. The smallest absolute Gasteiger partial charge is 0.319 e. The number of hydrogen-bond donors (Lipinski definition) is 2. The highest BCUT2D eigenvalue weighted by molar-refractivity contribution is 7.10. The molecule has 13 heavy (non-hydrogen) atoms. The van der Waals surface area contributed by atoms with Gasteiger partial charge < -0.3 is 5.32 Å². The molecule has 0 aliphatic carbocycles. The number of carbonyl (C=O) groups is 1. The van der Waals surface area contributed by atoms with Gasteiger partial charge in [0.25, 0.3) is 0 Å². The Morgan fingerprint density at radius 3 is 2.92 bits per heavy atom. The van der Waals surface area contributed by atoms with E-state index in [-0.39, 0.29) is 6.03 Å². The Bertz CT molecular complexity index is 365. The summed E-state index contributed by atoms with van der Waals surface area (Å²) in [4.78, 5) is 10.9. The number of amides is 2. The number of hydrogen-bond acceptors (Lipinski definition) is 4. The van der Waals surface area contributed by atoms with Gasteiger partial charge in [-0.05, 0) is 18.5 Å². The molecule has 0 fully saturated rings. The molecular formula is C7H8N4OS. The lowest BCUT2D eigenvalue weighted by Gasteiger charge is -1.99. The lowest BCUT2D eigenvalue weighted by atomic mass is 10.3. The minimum absolute atomic E-state index is 0.347. The van der Waals surface area contributed by atoms with Crippen LogP contribution in [0.2, 0.25) is 0 Å². The highest BCUT2D eigenvalue weighted by atomic mass is 32.1. The van der Waals surface area contributed by atoms with Crippen molar-refractivity contribution >= 4 is 22.6 Å². The lowest BCUT2D eigenvalue weighted by molar-refractivity contribution is 0.254. The average Bonchev–Trinajstić information content (AvgIpc) is 2.46. The summed E-state index contributed by atoms with van der Waals surface area (Å²) < 4.78 is 3.95. The van der Waals surface area contributed by atoms with Crippen LogP contribution in [0, 0.1) is 18.3 Å². The number of rotatable bonds is 1. The first-order valence-electron chi connectivity index (χ1n) is 3.54. The number of aryl methyl sites for hydroxylation is 1. The molecule has 1 aromatic rings. The van der Waals surface area contributed by atoms with E-state index in [4.69, 9.17) is 5.26 Å². The second kappa shape index (κ2) is 3.87. The van der Waals surface area contributed by atoms with E-state index in [1.807, 2.05) is 6.07 Å². The molecule has 1 aromatic heterocycles. The fraction of sp³-hybridized carbons (Fsp3) is 0.286. The summed E-state index contributed by atoms with van der Waals surface area (Å²) in [7, 11) is 1.51. The molecule has 0 bridgehead atoms. The summed E-state index contributed by atoms with van der Waals surface area (Å²) in [6.07, 6.45) is 0. The first kappa shape index (κ1) is 9.48. The first-order valence-corrected chi connectivity index (χ1v) is 4.31. The number of carbonyl (C=O) groups excluding carboxylic acids is 1. The number of urea groups is 1. The molecule has 0 spiro atoms. The number of nitriles is 1. The van der Waals surface area contributed by atoms with Gasteiger partial charge >= 0.3 is 6.03 Å². The number of anilines is 1. The van der Waals surface area contributed by atoms with Crippen molar-refractivity contribution in [1.29, 1.82) is 5.26 Å². The number of nitrogens with zero attached hydrogens (tertiary/aromatic N) is 2. The van der Waals surface area contributed by atoms with Gasteiger partial charge in [-0.15, -0.1) is 0 Å². The monoisotopic (exact) mass is 196 g/mol. The van der Waals surface area contributed by atoms with Crippen LogP contribution < -0.4 is 10.6 Å². The third-order valence-electron chi connectivity index (χ3n) is 1.43. The maximum atomic E-state index is 10.9. The van der Waals surface area contributed by atoms with Crippen molar-refractivity contribution in [2.24, 2.45) is 0 Å². The van der Waals surface area contributed by atoms with Crippen molar-refractivity contribution in [3.8, 4) is 6.07 Å².